The Hall–Kier alpha value is -0.590. The largest absolute Gasteiger partial charge is 0.347 e. The molecule has 0 saturated heterocycles. The predicted molar refractivity (Wildman–Crippen MR) is 84.2 cm³/mol. The molecule has 1 amide bonds. The number of hydrogen-bond acceptors (Lipinski definition) is 2. The molecule has 1 aromatic heterocycles. The summed E-state index contributed by atoms with van der Waals surface area (Å²) < 4.78 is 2.65. The third-order valence-corrected chi connectivity index (χ3v) is 6.31. The van der Waals surface area contributed by atoms with Crippen molar-refractivity contribution in [3.63, 3.8) is 0 Å². The van der Waals surface area contributed by atoms with Crippen LogP contribution in [0, 0.1) is 27.2 Å². The lowest BCUT2D eigenvalue weighted by Gasteiger charge is -2.54. The van der Waals surface area contributed by atoms with E-state index in [1.54, 1.807) is 4.68 Å². The Kier molecular flexibility index (Phi) is 3.09. The first-order chi connectivity index (χ1) is 9.60. The van der Waals surface area contributed by atoms with Gasteiger partial charge in [0.25, 0.3) is 5.91 Å². The maximum atomic E-state index is 12.5. The summed E-state index contributed by atoms with van der Waals surface area (Å²) in [4.78, 5) is 12.5. The number of amides is 1. The van der Waals surface area contributed by atoms with Gasteiger partial charge in [-0.3, -0.25) is 9.48 Å². The third kappa shape index (κ3) is 2.09. The van der Waals surface area contributed by atoms with Crippen LogP contribution >= 0.6 is 22.6 Å². The van der Waals surface area contributed by atoms with Crippen molar-refractivity contribution in [1.29, 1.82) is 0 Å². The number of nitrogens with one attached hydrogen (secondary N) is 1. The molecule has 0 spiro atoms. The summed E-state index contributed by atoms with van der Waals surface area (Å²) in [5, 5.41) is 7.60. The van der Waals surface area contributed by atoms with Gasteiger partial charge in [0.05, 0.1) is 3.57 Å². The molecule has 4 saturated carbocycles. The number of rotatable bonds is 2. The first kappa shape index (κ1) is 13.1. The molecule has 0 aromatic carbocycles. The second-order valence-electron chi connectivity index (χ2n) is 6.93. The van der Waals surface area contributed by atoms with Crippen LogP contribution in [0.25, 0.3) is 0 Å². The average Bonchev–Trinajstić information content (AvgIpc) is 2.72. The van der Waals surface area contributed by atoms with Gasteiger partial charge in [-0.05, 0) is 78.4 Å². The molecule has 0 unspecified atom stereocenters. The summed E-state index contributed by atoms with van der Waals surface area (Å²) in [6.45, 7) is 0. The molecule has 0 aliphatic heterocycles. The molecule has 0 radical (unpaired) electrons. The smallest absolute Gasteiger partial charge is 0.273 e. The molecule has 5 heteroatoms. The van der Waals surface area contributed by atoms with E-state index in [1.807, 2.05) is 13.2 Å². The SMILES string of the molecule is Cn1cc(I)c(C(=O)NC2C3CC4CC(C3)CC2C4)n1. The Morgan fingerprint density at radius 1 is 1.25 bits per heavy atom. The Balaban J connectivity index is 1.52. The second kappa shape index (κ2) is 4.71. The van der Waals surface area contributed by atoms with Crippen molar-refractivity contribution in [2.75, 3.05) is 0 Å². The van der Waals surface area contributed by atoms with Crippen molar-refractivity contribution in [3.8, 4) is 0 Å². The van der Waals surface area contributed by atoms with Crippen molar-refractivity contribution in [2.24, 2.45) is 30.7 Å². The van der Waals surface area contributed by atoms with Crippen LogP contribution in [-0.4, -0.2) is 21.7 Å². The van der Waals surface area contributed by atoms with E-state index < -0.39 is 0 Å². The molecule has 4 nitrogen and oxygen atoms in total. The highest BCUT2D eigenvalue weighted by Gasteiger charge is 2.48. The molecule has 20 heavy (non-hydrogen) atoms. The van der Waals surface area contributed by atoms with Gasteiger partial charge in [-0.25, -0.2) is 0 Å². The fourth-order valence-corrected chi connectivity index (χ4v) is 5.75. The lowest BCUT2D eigenvalue weighted by Crippen LogP contribution is -2.55. The minimum Gasteiger partial charge on any atom is -0.347 e. The second-order valence-corrected chi connectivity index (χ2v) is 8.09. The van der Waals surface area contributed by atoms with Gasteiger partial charge in [-0.1, -0.05) is 0 Å². The van der Waals surface area contributed by atoms with Gasteiger partial charge in [-0.15, -0.1) is 0 Å². The standard InChI is InChI=1S/C15H20IN3O/c1-19-7-12(16)14(18-19)15(20)17-13-10-3-8-2-9(5-10)6-11(13)4-8/h7-11,13H,2-6H2,1H3,(H,17,20). The normalized spacial score (nSPS) is 38.2. The summed E-state index contributed by atoms with van der Waals surface area (Å²) in [6, 6.07) is 0.396. The average molecular weight is 385 g/mol. The third-order valence-electron chi connectivity index (χ3n) is 5.52. The minimum absolute atomic E-state index is 0.0208. The van der Waals surface area contributed by atoms with Crippen molar-refractivity contribution in [1.82, 2.24) is 15.1 Å². The number of halogens is 1. The zero-order valence-electron chi connectivity index (χ0n) is 11.7. The quantitative estimate of drug-likeness (QED) is 0.796. The van der Waals surface area contributed by atoms with E-state index in [9.17, 15) is 4.79 Å². The summed E-state index contributed by atoms with van der Waals surface area (Å²) in [5.74, 6) is 3.35. The first-order valence-electron chi connectivity index (χ1n) is 7.60. The van der Waals surface area contributed by atoms with E-state index in [2.05, 4.69) is 33.0 Å². The molecule has 4 bridgehead atoms. The highest BCUT2D eigenvalue weighted by Crippen LogP contribution is 2.53. The van der Waals surface area contributed by atoms with Gasteiger partial charge in [0.15, 0.2) is 5.69 Å². The molecule has 4 aliphatic rings. The topological polar surface area (TPSA) is 46.9 Å². The summed E-state index contributed by atoms with van der Waals surface area (Å²) in [6.07, 6.45) is 8.67. The molecule has 1 aromatic rings. The Morgan fingerprint density at radius 2 is 1.85 bits per heavy atom. The molecule has 1 N–H and O–H groups in total. The van der Waals surface area contributed by atoms with Crippen LogP contribution in [0.5, 0.6) is 0 Å². The molecule has 4 fully saturated rings. The Bertz CT molecular complexity index is 525. The monoisotopic (exact) mass is 385 g/mol. The number of aromatic nitrogens is 2. The molecule has 108 valence electrons. The van der Waals surface area contributed by atoms with Crippen LogP contribution in [-0.2, 0) is 7.05 Å². The van der Waals surface area contributed by atoms with Crippen molar-refractivity contribution in [3.05, 3.63) is 15.5 Å². The van der Waals surface area contributed by atoms with E-state index in [-0.39, 0.29) is 5.91 Å². The van der Waals surface area contributed by atoms with Crippen LogP contribution in [0.1, 0.15) is 42.6 Å². The van der Waals surface area contributed by atoms with Gasteiger partial charge in [0.1, 0.15) is 0 Å². The minimum atomic E-state index is 0.0208. The van der Waals surface area contributed by atoms with Crippen LogP contribution in [0.3, 0.4) is 0 Å². The van der Waals surface area contributed by atoms with Crippen molar-refractivity contribution in [2.45, 2.75) is 38.1 Å². The number of nitrogens with zero attached hydrogens (tertiary/aromatic N) is 2. The summed E-state index contributed by atoms with van der Waals surface area (Å²) >= 11 is 2.19. The highest BCUT2D eigenvalue weighted by atomic mass is 127. The molecular weight excluding hydrogens is 365 g/mol. The predicted octanol–water partition coefficient (Wildman–Crippen LogP) is 2.58. The van der Waals surface area contributed by atoms with E-state index in [4.69, 9.17) is 0 Å². The Labute approximate surface area is 132 Å². The lowest BCUT2D eigenvalue weighted by atomic mass is 9.54. The van der Waals surface area contributed by atoms with Crippen molar-refractivity contribution >= 4 is 28.5 Å². The maximum absolute atomic E-state index is 12.5. The number of carbonyl (C=O) groups excluding carboxylic acids is 1. The first-order valence-corrected chi connectivity index (χ1v) is 8.68. The number of hydrogen-bond donors (Lipinski definition) is 1. The molecule has 0 atom stereocenters. The van der Waals surface area contributed by atoms with Crippen molar-refractivity contribution < 1.29 is 4.79 Å². The van der Waals surface area contributed by atoms with Crippen LogP contribution < -0.4 is 5.32 Å². The lowest BCUT2D eigenvalue weighted by molar-refractivity contribution is -0.0120. The zero-order chi connectivity index (χ0) is 13.9. The van der Waals surface area contributed by atoms with E-state index in [0.717, 1.165) is 27.2 Å². The van der Waals surface area contributed by atoms with Gasteiger partial charge < -0.3 is 5.32 Å². The molecule has 1 heterocycles. The van der Waals surface area contributed by atoms with Gasteiger partial charge in [0.2, 0.25) is 0 Å². The van der Waals surface area contributed by atoms with Gasteiger partial charge in [0, 0.05) is 19.3 Å². The van der Waals surface area contributed by atoms with E-state index in [0.29, 0.717) is 11.7 Å². The fraction of sp³-hybridized carbons (Fsp3) is 0.733. The van der Waals surface area contributed by atoms with Gasteiger partial charge in [-0.2, -0.15) is 5.10 Å². The van der Waals surface area contributed by atoms with Gasteiger partial charge >= 0.3 is 0 Å². The van der Waals surface area contributed by atoms with Crippen LogP contribution in [0.2, 0.25) is 0 Å². The number of aryl methyl sites for hydroxylation is 1. The molecular formula is C15H20IN3O. The van der Waals surface area contributed by atoms with Crippen LogP contribution in [0.4, 0.5) is 0 Å². The Morgan fingerprint density at radius 3 is 2.35 bits per heavy atom. The van der Waals surface area contributed by atoms with E-state index in [1.165, 1.54) is 32.1 Å². The maximum Gasteiger partial charge on any atom is 0.273 e. The molecule has 4 aliphatic carbocycles. The molecule has 5 rings (SSSR count). The zero-order valence-corrected chi connectivity index (χ0v) is 13.8. The van der Waals surface area contributed by atoms with E-state index >= 15 is 0 Å². The summed E-state index contributed by atoms with van der Waals surface area (Å²) in [7, 11) is 1.86. The highest BCUT2D eigenvalue weighted by molar-refractivity contribution is 14.1. The van der Waals surface area contributed by atoms with Crippen LogP contribution in [0.15, 0.2) is 6.20 Å². The summed E-state index contributed by atoms with van der Waals surface area (Å²) in [5.41, 5.74) is 0.585. The number of carbonyl (C=O) groups is 1. The fourth-order valence-electron chi connectivity index (χ4n) is 4.99.